The van der Waals surface area contributed by atoms with Gasteiger partial charge in [0.1, 0.15) is 17.4 Å². The van der Waals surface area contributed by atoms with Crippen molar-refractivity contribution in [2.75, 3.05) is 23.7 Å². The third kappa shape index (κ3) is 6.29. The Hall–Kier alpha value is -4.40. The fraction of sp³-hybridized carbons (Fsp3) is 0.276. The van der Waals surface area contributed by atoms with Crippen molar-refractivity contribution in [1.82, 2.24) is 4.90 Å². The van der Waals surface area contributed by atoms with Gasteiger partial charge in [-0.25, -0.2) is 9.18 Å². The van der Waals surface area contributed by atoms with Gasteiger partial charge < -0.3 is 10.6 Å². The summed E-state index contributed by atoms with van der Waals surface area (Å²) in [6.07, 6.45) is 7.91. The SMILES string of the molecule is Cc1ccc(NC(=O)CCCCN2C(=O)C3C=CC=CC3=[N+](CC(=O)Nc3ccc(C)c(F)c3)C2=O)cc1. The van der Waals surface area contributed by atoms with Gasteiger partial charge in [-0.3, -0.25) is 9.59 Å². The standard InChI is InChI=1S/C29H29FN4O4/c1-19-10-13-21(14-11-19)31-26(35)9-5-6-16-33-28(37)23-7-3-4-8-25(23)34(29(33)38)18-27(36)32-22-15-12-20(2)24(30)17-22/h3-4,7-8,10-15,17,23H,5-6,9,16,18H2,1-2H3,(H-,31,32,35,36)/p+1. The van der Waals surface area contributed by atoms with E-state index in [9.17, 15) is 23.6 Å². The predicted octanol–water partition coefficient (Wildman–Crippen LogP) is 4.35. The Bertz CT molecular complexity index is 1360. The molecule has 4 rings (SSSR count). The summed E-state index contributed by atoms with van der Waals surface area (Å²) in [5.41, 5.74) is 2.96. The van der Waals surface area contributed by atoms with Crippen LogP contribution in [0.2, 0.25) is 0 Å². The molecule has 1 unspecified atom stereocenters. The number of anilines is 2. The molecule has 0 saturated carbocycles. The van der Waals surface area contributed by atoms with E-state index in [2.05, 4.69) is 10.6 Å². The summed E-state index contributed by atoms with van der Waals surface area (Å²) in [5, 5.41) is 5.45. The van der Waals surface area contributed by atoms with Crippen LogP contribution in [0.15, 0.2) is 66.8 Å². The van der Waals surface area contributed by atoms with Gasteiger partial charge in [0.2, 0.25) is 5.91 Å². The van der Waals surface area contributed by atoms with Crippen molar-refractivity contribution in [2.24, 2.45) is 5.92 Å². The summed E-state index contributed by atoms with van der Waals surface area (Å²) in [7, 11) is 0. The highest BCUT2D eigenvalue weighted by atomic mass is 19.1. The molecule has 1 aliphatic carbocycles. The number of nitrogens with one attached hydrogen (secondary N) is 2. The minimum absolute atomic E-state index is 0.123. The molecule has 2 aromatic rings. The molecule has 1 heterocycles. The van der Waals surface area contributed by atoms with E-state index in [1.807, 2.05) is 31.2 Å². The molecule has 0 spiro atoms. The van der Waals surface area contributed by atoms with E-state index in [4.69, 9.17) is 0 Å². The van der Waals surface area contributed by atoms with E-state index >= 15 is 0 Å². The van der Waals surface area contributed by atoms with Crippen LogP contribution in [0.1, 0.15) is 30.4 Å². The fourth-order valence-electron chi connectivity index (χ4n) is 4.31. The number of nitrogens with zero attached hydrogens (tertiary/aromatic N) is 2. The Kier molecular flexibility index (Phi) is 8.25. The van der Waals surface area contributed by atoms with Crippen LogP contribution in [0.25, 0.3) is 0 Å². The topological polar surface area (TPSA) is 98.6 Å². The highest BCUT2D eigenvalue weighted by Gasteiger charge is 2.46. The summed E-state index contributed by atoms with van der Waals surface area (Å²) in [5.74, 6) is -2.17. The number of halogens is 1. The number of fused-ring (bicyclic) bond motifs is 1. The zero-order valence-electron chi connectivity index (χ0n) is 21.4. The van der Waals surface area contributed by atoms with E-state index in [1.54, 1.807) is 43.4 Å². The van der Waals surface area contributed by atoms with Gasteiger partial charge in [-0.1, -0.05) is 42.0 Å². The predicted molar refractivity (Wildman–Crippen MR) is 142 cm³/mol. The van der Waals surface area contributed by atoms with Crippen molar-refractivity contribution in [1.29, 1.82) is 0 Å². The van der Waals surface area contributed by atoms with Crippen LogP contribution in [-0.2, 0) is 14.4 Å². The van der Waals surface area contributed by atoms with E-state index in [1.165, 1.54) is 10.6 Å². The lowest BCUT2D eigenvalue weighted by Gasteiger charge is -2.26. The molecule has 0 bridgehead atoms. The molecule has 2 aromatic carbocycles. The van der Waals surface area contributed by atoms with Crippen LogP contribution in [-0.4, -0.2) is 52.0 Å². The molecule has 196 valence electrons. The molecule has 5 amide bonds. The normalized spacial score (nSPS) is 16.5. The largest absolute Gasteiger partial charge is 0.501 e. The number of aryl methyl sites for hydroxylation is 2. The zero-order chi connectivity index (χ0) is 27.2. The minimum Gasteiger partial charge on any atom is -0.326 e. The smallest absolute Gasteiger partial charge is 0.326 e. The maximum absolute atomic E-state index is 13.9. The molecule has 2 N–H and O–H groups in total. The highest BCUT2D eigenvalue weighted by molar-refractivity contribution is 6.17. The number of amides is 5. The molecule has 2 aliphatic rings. The van der Waals surface area contributed by atoms with Crippen molar-refractivity contribution in [3.8, 4) is 0 Å². The van der Waals surface area contributed by atoms with Gasteiger partial charge in [0.25, 0.3) is 5.91 Å². The number of hydrogen-bond acceptors (Lipinski definition) is 4. The summed E-state index contributed by atoms with van der Waals surface area (Å²) in [6, 6.07) is 11.2. The van der Waals surface area contributed by atoms with Gasteiger partial charge in [0.15, 0.2) is 6.54 Å². The maximum Gasteiger partial charge on any atom is 0.501 e. The number of allylic oxidation sites excluding steroid dienone is 3. The number of carbonyl (C=O) groups excluding carboxylic acids is 4. The van der Waals surface area contributed by atoms with Gasteiger partial charge in [0, 0.05) is 17.8 Å². The summed E-state index contributed by atoms with van der Waals surface area (Å²) >= 11 is 0. The first kappa shape index (κ1) is 26.7. The second-order valence-electron chi connectivity index (χ2n) is 9.39. The van der Waals surface area contributed by atoms with Gasteiger partial charge >= 0.3 is 11.9 Å². The first-order valence-electron chi connectivity index (χ1n) is 12.5. The highest BCUT2D eigenvalue weighted by Crippen LogP contribution is 2.21. The Morgan fingerprint density at radius 3 is 2.39 bits per heavy atom. The first-order chi connectivity index (χ1) is 18.2. The van der Waals surface area contributed by atoms with Crippen molar-refractivity contribution in [3.05, 3.63) is 83.7 Å². The van der Waals surface area contributed by atoms with E-state index in [0.29, 0.717) is 29.8 Å². The third-order valence-electron chi connectivity index (χ3n) is 6.43. The zero-order valence-corrected chi connectivity index (χ0v) is 21.4. The van der Waals surface area contributed by atoms with Crippen LogP contribution < -0.4 is 10.6 Å². The molecular weight excluding hydrogens is 487 g/mol. The minimum atomic E-state index is -0.688. The number of imide groups is 1. The van der Waals surface area contributed by atoms with Crippen molar-refractivity contribution < 1.29 is 28.1 Å². The fourth-order valence-corrected chi connectivity index (χ4v) is 4.31. The number of unbranched alkanes of at least 4 members (excludes halogenated alkanes) is 1. The second-order valence-corrected chi connectivity index (χ2v) is 9.39. The summed E-state index contributed by atoms with van der Waals surface area (Å²) < 4.78 is 15.2. The van der Waals surface area contributed by atoms with Crippen molar-refractivity contribution >= 4 is 40.8 Å². The van der Waals surface area contributed by atoms with Gasteiger partial charge in [-0.05, 0) is 62.6 Å². The van der Waals surface area contributed by atoms with Crippen LogP contribution in [0.3, 0.4) is 0 Å². The number of benzene rings is 2. The van der Waals surface area contributed by atoms with Crippen molar-refractivity contribution in [3.63, 3.8) is 0 Å². The molecule has 0 fully saturated rings. The van der Waals surface area contributed by atoms with Crippen molar-refractivity contribution in [2.45, 2.75) is 33.1 Å². The third-order valence-corrected chi connectivity index (χ3v) is 6.43. The molecule has 1 aliphatic heterocycles. The average molecular weight is 518 g/mol. The molecule has 38 heavy (non-hydrogen) atoms. The number of rotatable bonds is 9. The maximum atomic E-state index is 13.9. The van der Waals surface area contributed by atoms with Gasteiger partial charge in [-0.2, -0.15) is 14.3 Å². The molecule has 0 radical (unpaired) electrons. The molecule has 0 saturated heterocycles. The van der Waals surface area contributed by atoms with Crippen LogP contribution >= 0.6 is 0 Å². The Morgan fingerprint density at radius 1 is 0.947 bits per heavy atom. The lowest BCUT2D eigenvalue weighted by atomic mass is 9.94. The molecule has 9 heteroatoms. The lowest BCUT2D eigenvalue weighted by Crippen LogP contribution is -2.55. The molecule has 1 atom stereocenters. The van der Waals surface area contributed by atoms with Gasteiger partial charge in [0.05, 0.1) is 6.54 Å². The monoisotopic (exact) mass is 517 g/mol. The number of carbonyl (C=O) groups is 4. The van der Waals surface area contributed by atoms with E-state index in [0.717, 1.165) is 10.5 Å². The Morgan fingerprint density at radius 2 is 1.66 bits per heavy atom. The Labute approximate surface area is 220 Å². The molecule has 0 aromatic heterocycles. The summed E-state index contributed by atoms with van der Waals surface area (Å²) in [4.78, 5) is 52.6. The lowest BCUT2D eigenvalue weighted by molar-refractivity contribution is -0.427. The summed E-state index contributed by atoms with van der Waals surface area (Å²) in [6.45, 7) is 3.38. The van der Waals surface area contributed by atoms with Crippen LogP contribution in [0, 0.1) is 25.6 Å². The van der Waals surface area contributed by atoms with E-state index in [-0.39, 0.29) is 37.0 Å². The quantitative estimate of drug-likeness (QED) is 0.382. The molecular formula is C29H30FN4O4+. The number of urea groups is 1. The Balaban J connectivity index is 1.38. The van der Waals surface area contributed by atoms with Gasteiger partial charge in [-0.15, -0.1) is 0 Å². The second kappa shape index (κ2) is 11.8. The molecule has 8 nitrogen and oxygen atoms in total. The first-order valence-corrected chi connectivity index (χ1v) is 12.5. The average Bonchev–Trinajstić information content (AvgIpc) is 2.89. The number of hydrogen-bond donors (Lipinski definition) is 2. The van der Waals surface area contributed by atoms with E-state index < -0.39 is 23.7 Å². The van der Waals surface area contributed by atoms with Crippen LogP contribution in [0.5, 0.6) is 0 Å². The van der Waals surface area contributed by atoms with Crippen LogP contribution in [0.4, 0.5) is 20.6 Å².